The zero-order valence-corrected chi connectivity index (χ0v) is 15.8. The van der Waals surface area contributed by atoms with Crippen molar-refractivity contribution >= 4 is 36.5 Å². The van der Waals surface area contributed by atoms with Gasteiger partial charge in [-0.05, 0) is 44.0 Å². The summed E-state index contributed by atoms with van der Waals surface area (Å²) < 4.78 is 22.1. The quantitative estimate of drug-likeness (QED) is 0.629. The van der Waals surface area contributed by atoms with Crippen LogP contribution in [-0.4, -0.2) is 62.7 Å². The predicted molar refractivity (Wildman–Crippen MR) is 111 cm³/mol. The van der Waals surface area contributed by atoms with Gasteiger partial charge in [0.25, 0.3) is 0 Å². The first kappa shape index (κ1) is 22.0. The molecule has 1 aliphatic rings. The molecule has 4 rings (SSSR count). The maximum absolute atomic E-state index is 14.6. The van der Waals surface area contributed by atoms with Crippen LogP contribution >= 0.6 is 0 Å². The van der Waals surface area contributed by atoms with Crippen LogP contribution in [0.15, 0.2) is 36.7 Å². The van der Waals surface area contributed by atoms with Crippen molar-refractivity contribution in [2.24, 2.45) is 0 Å². The topological polar surface area (TPSA) is 102 Å². The number of hydrogen-bond donors (Lipinski definition) is 2. The molecule has 3 heterocycles. The Kier molecular flexibility index (Phi) is 6.87. The summed E-state index contributed by atoms with van der Waals surface area (Å²) in [5.41, 5.74) is 1.53. The molecule has 2 aromatic heterocycles. The Morgan fingerprint density at radius 3 is 2.57 bits per heavy atom. The number of aromatic carboxylic acids is 1. The SMILES string of the molecule is Cc1ncc(-c2nc(Nc3ccc(C(=O)O)cc3)ncc2F)n1C1CCOCC1.[LiH]. The molecular weight excluding hydrogens is 384 g/mol. The van der Waals surface area contributed by atoms with Crippen molar-refractivity contribution in [2.75, 3.05) is 18.5 Å². The third-order valence-electron chi connectivity index (χ3n) is 4.91. The number of carboxylic acid groups (broad SMARTS) is 1. The van der Waals surface area contributed by atoms with E-state index in [1.807, 2.05) is 11.5 Å². The zero-order chi connectivity index (χ0) is 20.4. The van der Waals surface area contributed by atoms with Crippen LogP contribution in [0.3, 0.4) is 0 Å². The Bertz CT molecular complexity index is 1040. The van der Waals surface area contributed by atoms with Crippen LogP contribution in [0.25, 0.3) is 11.4 Å². The number of aromatic nitrogens is 4. The number of rotatable bonds is 5. The van der Waals surface area contributed by atoms with Gasteiger partial charge in [-0.2, -0.15) is 0 Å². The van der Waals surface area contributed by atoms with Crippen LogP contribution in [0.4, 0.5) is 16.0 Å². The van der Waals surface area contributed by atoms with Crippen molar-refractivity contribution in [1.29, 1.82) is 0 Å². The minimum absolute atomic E-state index is 0. The number of imidazole rings is 1. The van der Waals surface area contributed by atoms with E-state index in [0.717, 1.165) is 24.9 Å². The molecule has 0 spiro atoms. The third kappa shape index (κ3) is 4.54. The van der Waals surface area contributed by atoms with Crippen molar-refractivity contribution in [3.63, 3.8) is 0 Å². The second-order valence-corrected chi connectivity index (χ2v) is 6.80. The number of nitrogens with zero attached hydrogens (tertiary/aromatic N) is 4. The summed E-state index contributed by atoms with van der Waals surface area (Å²) in [6, 6.07) is 6.33. The monoisotopic (exact) mass is 405 g/mol. The van der Waals surface area contributed by atoms with Gasteiger partial charge in [0.1, 0.15) is 11.5 Å². The molecule has 0 radical (unpaired) electrons. The zero-order valence-electron chi connectivity index (χ0n) is 15.8. The van der Waals surface area contributed by atoms with Gasteiger partial charge in [0, 0.05) is 24.9 Å². The molecule has 1 saturated heterocycles. The van der Waals surface area contributed by atoms with E-state index >= 15 is 0 Å². The molecule has 0 aliphatic carbocycles. The number of halogens is 1. The van der Waals surface area contributed by atoms with Crippen molar-refractivity contribution in [2.45, 2.75) is 25.8 Å². The molecule has 0 amide bonds. The average molecular weight is 405 g/mol. The Hall–Kier alpha value is -2.73. The second-order valence-electron chi connectivity index (χ2n) is 6.80. The van der Waals surface area contributed by atoms with Gasteiger partial charge >= 0.3 is 24.8 Å². The number of benzene rings is 1. The number of nitrogens with one attached hydrogen (secondary N) is 1. The number of aryl methyl sites for hydroxylation is 1. The summed E-state index contributed by atoms with van der Waals surface area (Å²) in [7, 11) is 0. The number of ether oxygens (including phenoxy) is 1. The standard InChI is InChI=1S/C20H20FN5O3.Li.H/c1-12-22-11-17(26(12)15-6-8-29-9-7-15)18-16(21)10-23-20(25-18)24-14-4-2-13(3-5-14)19(27)28;;/h2-5,10-11,15H,6-9H2,1H3,(H,27,28)(H,23,24,25);;. The Balaban J connectivity index is 0.00000256. The van der Waals surface area contributed by atoms with Gasteiger partial charge in [0.2, 0.25) is 5.95 Å². The first-order chi connectivity index (χ1) is 14.0. The molecule has 1 aliphatic heterocycles. The van der Waals surface area contributed by atoms with E-state index in [1.165, 1.54) is 12.1 Å². The summed E-state index contributed by atoms with van der Waals surface area (Å²) in [5, 5.41) is 12.0. The number of carbonyl (C=O) groups is 1. The van der Waals surface area contributed by atoms with E-state index in [4.69, 9.17) is 9.84 Å². The molecule has 8 nitrogen and oxygen atoms in total. The van der Waals surface area contributed by atoms with Gasteiger partial charge in [-0.15, -0.1) is 0 Å². The normalized spacial score (nSPS) is 14.2. The van der Waals surface area contributed by atoms with Gasteiger partial charge in [0.05, 0.1) is 23.7 Å². The molecule has 1 fully saturated rings. The molecule has 152 valence electrons. The Morgan fingerprint density at radius 1 is 1.20 bits per heavy atom. The first-order valence-corrected chi connectivity index (χ1v) is 9.28. The van der Waals surface area contributed by atoms with Gasteiger partial charge in [-0.25, -0.2) is 24.1 Å². The minimum atomic E-state index is -1.01. The fourth-order valence-electron chi connectivity index (χ4n) is 3.46. The second kappa shape index (κ2) is 9.39. The average Bonchev–Trinajstić information content (AvgIpc) is 3.11. The molecule has 30 heavy (non-hydrogen) atoms. The molecule has 0 bridgehead atoms. The summed E-state index contributed by atoms with van der Waals surface area (Å²) in [4.78, 5) is 23.7. The van der Waals surface area contributed by atoms with Crippen LogP contribution in [-0.2, 0) is 4.74 Å². The number of hydrogen-bond acceptors (Lipinski definition) is 6. The van der Waals surface area contributed by atoms with Crippen molar-refractivity contribution < 1.29 is 19.0 Å². The van der Waals surface area contributed by atoms with Crippen LogP contribution < -0.4 is 5.32 Å². The molecule has 0 atom stereocenters. The summed E-state index contributed by atoms with van der Waals surface area (Å²) >= 11 is 0. The molecule has 0 unspecified atom stereocenters. The first-order valence-electron chi connectivity index (χ1n) is 9.28. The van der Waals surface area contributed by atoms with Gasteiger partial charge in [-0.3, -0.25) is 0 Å². The van der Waals surface area contributed by atoms with Crippen LogP contribution in [0, 0.1) is 12.7 Å². The predicted octanol–water partition coefficient (Wildman–Crippen LogP) is 2.93. The fourth-order valence-corrected chi connectivity index (χ4v) is 3.46. The molecular formula is C20H21FLiN5O3. The van der Waals surface area contributed by atoms with Crippen molar-refractivity contribution in [3.05, 3.63) is 53.9 Å². The van der Waals surface area contributed by atoms with Gasteiger partial charge in [0.15, 0.2) is 5.82 Å². The number of carboxylic acids is 1. The van der Waals surface area contributed by atoms with E-state index in [0.29, 0.717) is 24.6 Å². The fraction of sp³-hybridized carbons (Fsp3) is 0.300. The van der Waals surface area contributed by atoms with E-state index < -0.39 is 11.8 Å². The van der Waals surface area contributed by atoms with Crippen molar-refractivity contribution in [3.8, 4) is 11.4 Å². The molecule has 1 aromatic carbocycles. The van der Waals surface area contributed by atoms with Crippen LogP contribution in [0.5, 0.6) is 0 Å². The summed E-state index contributed by atoms with van der Waals surface area (Å²) in [6.07, 6.45) is 4.41. The molecule has 0 saturated carbocycles. The third-order valence-corrected chi connectivity index (χ3v) is 4.91. The Labute approximate surface area is 184 Å². The van der Waals surface area contributed by atoms with Crippen LogP contribution in [0.2, 0.25) is 0 Å². The van der Waals surface area contributed by atoms with Crippen molar-refractivity contribution in [1.82, 2.24) is 19.5 Å². The summed E-state index contributed by atoms with van der Waals surface area (Å²) in [5.74, 6) is -0.538. The molecule has 3 aromatic rings. The van der Waals surface area contributed by atoms with Crippen LogP contribution in [0.1, 0.15) is 35.1 Å². The number of anilines is 2. The van der Waals surface area contributed by atoms with E-state index in [2.05, 4.69) is 20.3 Å². The van der Waals surface area contributed by atoms with E-state index in [9.17, 15) is 9.18 Å². The molecule has 2 N–H and O–H groups in total. The summed E-state index contributed by atoms with van der Waals surface area (Å²) in [6.45, 7) is 3.21. The molecule has 10 heteroatoms. The van der Waals surface area contributed by atoms with E-state index in [-0.39, 0.29) is 42.1 Å². The van der Waals surface area contributed by atoms with Gasteiger partial charge < -0.3 is 19.7 Å². The maximum atomic E-state index is 14.6. The van der Waals surface area contributed by atoms with Gasteiger partial charge in [-0.1, -0.05) is 0 Å². The Morgan fingerprint density at radius 2 is 1.90 bits per heavy atom. The van der Waals surface area contributed by atoms with E-state index in [1.54, 1.807) is 18.3 Å².